The van der Waals surface area contributed by atoms with Crippen LogP contribution in [0, 0.1) is 0 Å². The van der Waals surface area contributed by atoms with E-state index in [0.29, 0.717) is 0 Å². The Morgan fingerprint density at radius 3 is 0.529 bits per heavy atom. The number of rotatable bonds is 12. The molecule has 200 valence electrons. The summed E-state index contributed by atoms with van der Waals surface area (Å²) in [6.07, 6.45) is 0. The van der Waals surface area contributed by atoms with Gasteiger partial charge in [0, 0.05) is 0 Å². The third-order valence-electron chi connectivity index (χ3n) is 1.79. The summed E-state index contributed by atoms with van der Waals surface area (Å²) in [7, 11) is 27.3. The molecule has 0 atom stereocenters. The highest BCUT2D eigenvalue weighted by atomic mass is 35.5. The molecule has 0 aromatic carbocycles. The molecule has 0 aromatic heterocycles. The van der Waals surface area contributed by atoms with Gasteiger partial charge in [0.25, 0.3) is 16.7 Å². The van der Waals surface area contributed by atoms with Crippen molar-refractivity contribution in [2.75, 3.05) is 84.6 Å². The minimum atomic E-state index is -0.945. The predicted octanol–water partition coefficient (Wildman–Crippen LogP) is 8.91. The van der Waals surface area contributed by atoms with Crippen LogP contribution in [-0.4, -0.2) is 113 Å². The molecule has 0 aliphatic heterocycles. The fourth-order valence-electron chi connectivity index (χ4n) is 0.802. The third-order valence-corrected chi connectivity index (χ3v) is 9.70. The van der Waals surface area contributed by atoms with Crippen molar-refractivity contribution < 1.29 is 0 Å². The molecule has 34 heavy (non-hydrogen) atoms. The zero-order chi connectivity index (χ0) is 25.1. The Morgan fingerprint density at radius 2 is 0.441 bits per heavy atom. The lowest BCUT2D eigenvalue weighted by Crippen LogP contribution is -1.92. The van der Waals surface area contributed by atoms with Crippen LogP contribution in [0.5, 0.6) is 0 Å². The van der Waals surface area contributed by atoms with E-state index in [4.69, 9.17) is 0 Å². The molecule has 22 heteroatoms. The molecule has 0 bridgehead atoms. The third kappa shape index (κ3) is 36.0. The van der Waals surface area contributed by atoms with E-state index in [1.54, 1.807) is 0 Å². The first-order chi connectivity index (χ1) is 14.8. The van der Waals surface area contributed by atoms with Gasteiger partial charge in [0.05, 0.1) is 0 Å². The molecule has 0 aliphatic carbocycles. The van der Waals surface area contributed by atoms with E-state index in [2.05, 4.69) is 27.1 Å². The van der Waals surface area contributed by atoms with Gasteiger partial charge in [0.2, 0.25) is 0 Å². The molecule has 0 aliphatic rings. The zero-order valence-electron chi connectivity index (χ0n) is 21.8. The zero-order valence-corrected chi connectivity index (χ0v) is 30.5. The molecule has 0 aromatic rings. The Hall–Kier alpha value is 1.80. The van der Waals surface area contributed by atoms with Crippen molar-refractivity contribution in [1.82, 2.24) is 28.0 Å². The Bertz CT molecular complexity index is 507. The van der Waals surface area contributed by atoms with Gasteiger partial charge in [-0.25, -0.2) is 28.0 Å². The second kappa shape index (κ2) is 27.8. The fourth-order valence-corrected chi connectivity index (χ4v) is 9.15. The first-order valence-corrected chi connectivity index (χ1v) is 16.2. The standard InChI is InChI=1S/2C6H18N6P4.2ClH/c2*1-10(2)13-7-16(8-14-11(3)4)9-15-12(5)6;;/h2*1-6H3;2*1H. The van der Waals surface area contributed by atoms with E-state index in [-0.39, 0.29) is 24.8 Å². The van der Waals surface area contributed by atoms with Crippen molar-refractivity contribution in [2.45, 2.75) is 0 Å². The summed E-state index contributed by atoms with van der Waals surface area (Å²) in [6, 6.07) is 0. The molecule has 0 N–H and O–H groups in total. The number of hydrogen-bond donors (Lipinski definition) is 0. The summed E-state index contributed by atoms with van der Waals surface area (Å²) >= 11 is 0. The molecule has 0 unspecified atom stereocenters. The van der Waals surface area contributed by atoms with E-state index in [1.165, 1.54) is 0 Å². The van der Waals surface area contributed by atoms with Crippen molar-refractivity contribution in [1.29, 1.82) is 0 Å². The summed E-state index contributed by atoms with van der Waals surface area (Å²) in [6.45, 7) is 0. The van der Waals surface area contributed by atoms with Crippen molar-refractivity contribution in [2.24, 2.45) is 27.1 Å². The number of nitrogens with zero attached hydrogens (tertiary/aromatic N) is 12. The van der Waals surface area contributed by atoms with Crippen molar-refractivity contribution in [3.8, 4) is 0 Å². The molecule has 0 heterocycles. The molecule has 0 amide bonds. The highest BCUT2D eigenvalue weighted by Crippen LogP contribution is 2.49. The highest BCUT2D eigenvalue weighted by molar-refractivity contribution is 7.64. The summed E-state index contributed by atoms with van der Waals surface area (Å²) < 4.78 is 38.5. The molecule has 0 saturated heterocycles. The van der Waals surface area contributed by atoms with Crippen LogP contribution in [0.1, 0.15) is 0 Å². The van der Waals surface area contributed by atoms with Crippen LogP contribution in [0.4, 0.5) is 0 Å². The van der Waals surface area contributed by atoms with Crippen LogP contribution in [0.15, 0.2) is 27.1 Å². The summed E-state index contributed by atoms with van der Waals surface area (Å²) in [5.74, 6) is 0. The number of hydrogen-bond acceptors (Lipinski definition) is 6. The van der Waals surface area contributed by atoms with Gasteiger partial charge in [0.1, 0.15) is 51.1 Å². The van der Waals surface area contributed by atoms with Crippen LogP contribution < -0.4 is 0 Å². The van der Waals surface area contributed by atoms with Crippen LogP contribution in [0.2, 0.25) is 0 Å². The SMILES string of the molecule is CN(C)/P=N/P(/N=P/N(C)C)/N=P/N(C)C.CN(C)/P=N/P(/N=P/N(C)C)/N=P/N(C)C.Cl.Cl. The van der Waals surface area contributed by atoms with Crippen LogP contribution in [0.3, 0.4) is 0 Å². The maximum absolute atomic E-state index is 4.43. The van der Waals surface area contributed by atoms with Crippen LogP contribution in [0.25, 0.3) is 0 Å². The normalized spacial score (nSPS) is 14.6. The van der Waals surface area contributed by atoms with E-state index < -0.39 is 16.7 Å². The minimum absolute atomic E-state index is 0. The van der Waals surface area contributed by atoms with Crippen molar-refractivity contribution in [3.63, 3.8) is 0 Å². The Labute approximate surface area is 231 Å². The second-order valence-corrected chi connectivity index (χ2v) is 17.9. The van der Waals surface area contributed by atoms with Gasteiger partial charge in [-0.1, -0.05) is 0 Å². The molecule has 0 saturated carbocycles. The van der Waals surface area contributed by atoms with E-state index in [9.17, 15) is 0 Å². The van der Waals surface area contributed by atoms with Gasteiger partial charge >= 0.3 is 0 Å². The summed E-state index contributed by atoms with van der Waals surface area (Å²) in [5, 5.41) is 0. The smallest absolute Gasteiger partial charge is 0.248 e. The van der Waals surface area contributed by atoms with Gasteiger partial charge < -0.3 is 0 Å². The topological polar surface area (TPSA) is 93.6 Å². The Balaban J connectivity index is -0.000000250. The first-order valence-electron chi connectivity index (χ1n) is 8.97. The fraction of sp³-hybridized carbons (Fsp3) is 1.00. The van der Waals surface area contributed by atoms with Gasteiger partial charge in [-0.3, -0.25) is 0 Å². The van der Waals surface area contributed by atoms with Gasteiger partial charge in [-0.2, -0.15) is 27.1 Å². The molecule has 0 rings (SSSR count). The lowest BCUT2D eigenvalue weighted by Gasteiger charge is -2.03. The highest BCUT2D eigenvalue weighted by Gasteiger charge is 2.03. The van der Waals surface area contributed by atoms with Crippen LogP contribution >= 0.6 is 92.7 Å². The van der Waals surface area contributed by atoms with Gasteiger partial charge in [0.15, 0.2) is 0 Å². The number of halogens is 2. The second-order valence-electron chi connectivity index (χ2n) is 6.69. The maximum Gasteiger partial charge on any atom is 0.283 e. The van der Waals surface area contributed by atoms with E-state index in [1.807, 2.05) is 113 Å². The van der Waals surface area contributed by atoms with E-state index >= 15 is 0 Å². The molecular weight excluding hydrogens is 631 g/mol. The summed E-state index contributed by atoms with van der Waals surface area (Å²) in [4.78, 5) is 0. The van der Waals surface area contributed by atoms with Crippen molar-refractivity contribution in [3.05, 3.63) is 0 Å². The quantitative estimate of drug-likeness (QED) is 0.193. The largest absolute Gasteiger partial charge is 0.283 e. The van der Waals surface area contributed by atoms with Crippen LogP contribution in [-0.2, 0) is 0 Å². The maximum atomic E-state index is 4.43. The Morgan fingerprint density at radius 1 is 0.324 bits per heavy atom. The minimum Gasteiger partial charge on any atom is -0.248 e. The lowest BCUT2D eigenvalue weighted by atomic mass is 11.3. The predicted molar refractivity (Wildman–Crippen MR) is 167 cm³/mol. The van der Waals surface area contributed by atoms with Crippen molar-refractivity contribution >= 4 is 92.7 Å². The molecule has 12 nitrogen and oxygen atoms in total. The average molecular weight is 669 g/mol. The summed E-state index contributed by atoms with van der Waals surface area (Å²) in [5.41, 5.74) is 0. The average Bonchev–Trinajstić information content (AvgIpc) is 2.66. The lowest BCUT2D eigenvalue weighted by molar-refractivity contribution is 0.696. The molecule has 0 spiro atoms. The molecular formula is C12H38Cl2N12P8. The molecule has 0 fully saturated rings. The monoisotopic (exact) mass is 668 g/mol. The first kappa shape index (κ1) is 42.9. The van der Waals surface area contributed by atoms with Gasteiger partial charge in [-0.15, -0.1) is 24.8 Å². The Kier molecular flexibility index (Phi) is 35.1. The van der Waals surface area contributed by atoms with E-state index in [0.717, 1.165) is 51.1 Å². The van der Waals surface area contributed by atoms with Gasteiger partial charge in [-0.05, 0) is 84.6 Å². The molecule has 0 radical (unpaired) electrons.